The molecule has 0 fully saturated rings. The average Bonchev–Trinajstić information content (AvgIpc) is 2.60. The Balaban J connectivity index is 2.09. The molecule has 3 nitrogen and oxygen atoms in total. The standard InChI is InChI=1S/C19H16ClNO2/c20-12-19(23)21(13-15-7-2-4-11-18(15)22)17-10-5-8-14-6-1-3-9-16(14)17/h1-11,22H,12-13H2. The minimum absolute atomic E-state index is 0.114. The van der Waals surface area contributed by atoms with Crippen LogP contribution in [-0.2, 0) is 11.3 Å². The summed E-state index contributed by atoms with van der Waals surface area (Å²) in [5.74, 6) is -0.150. The number of para-hydroxylation sites is 1. The Bertz CT molecular complexity index is 842. The number of amides is 1. The van der Waals surface area contributed by atoms with E-state index in [2.05, 4.69) is 0 Å². The highest BCUT2D eigenvalue weighted by molar-refractivity contribution is 6.29. The molecule has 0 radical (unpaired) electrons. The molecule has 0 heterocycles. The van der Waals surface area contributed by atoms with Crippen molar-refractivity contribution in [3.63, 3.8) is 0 Å². The van der Waals surface area contributed by atoms with Gasteiger partial charge in [0, 0.05) is 10.9 Å². The molecule has 0 atom stereocenters. The number of hydrogen-bond acceptors (Lipinski definition) is 2. The summed E-state index contributed by atoms with van der Waals surface area (Å²) in [5.41, 5.74) is 1.47. The van der Waals surface area contributed by atoms with Crippen molar-refractivity contribution in [2.24, 2.45) is 0 Å². The van der Waals surface area contributed by atoms with Gasteiger partial charge in [-0.1, -0.05) is 54.6 Å². The van der Waals surface area contributed by atoms with Gasteiger partial charge >= 0.3 is 0 Å². The molecule has 0 aliphatic rings. The third-order valence-electron chi connectivity index (χ3n) is 3.79. The van der Waals surface area contributed by atoms with Gasteiger partial charge in [0.2, 0.25) is 5.91 Å². The van der Waals surface area contributed by atoms with Gasteiger partial charge in [0.05, 0.1) is 12.2 Å². The van der Waals surface area contributed by atoms with Gasteiger partial charge in [-0.25, -0.2) is 0 Å². The lowest BCUT2D eigenvalue weighted by molar-refractivity contribution is -0.116. The SMILES string of the molecule is O=C(CCl)N(Cc1ccccc1O)c1cccc2ccccc12. The minimum Gasteiger partial charge on any atom is -0.508 e. The number of halogens is 1. The van der Waals surface area contributed by atoms with E-state index in [0.717, 1.165) is 16.5 Å². The van der Waals surface area contributed by atoms with Crippen molar-refractivity contribution in [1.29, 1.82) is 0 Å². The normalized spacial score (nSPS) is 10.7. The Kier molecular flexibility index (Phi) is 4.49. The summed E-state index contributed by atoms with van der Waals surface area (Å²) in [4.78, 5) is 14.0. The molecule has 0 unspecified atom stereocenters. The molecular formula is C19H16ClNO2. The lowest BCUT2D eigenvalue weighted by atomic mass is 10.1. The molecule has 3 aromatic rings. The van der Waals surface area contributed by atoms with Crippen molar-refractivity contribution >= 4 is 34.0 Å². The number of carbonyl (C=O) groups excluding carboxylic acids is 1. The van der Waals surface area contributed by atoms with Crippen LogP contribution >= 0.6 is 11.6 Å². The van der Waals surface area contributed by atoms with Crippen LogP contribution in [0.1, 0.15) is 5.56 Å². The molecule has 23 heavy (non-hydrogen) atoms. The van der Waals surface area contributed by atoms with E-state index in [1.165, 1.54) is 0 Å². The quantitative estimate of drug-likeness (QED) is 0.726. The van der Waals surface area contributed by atoms with Crippen LogP contribution in [0, 0.1) is 0 Å². The minimum atomic E-state index is -0.203. The smallest absolute Gasteiger partial charge is 0.242 e. The fourth-order valence-corrected chi connectivity index (χ4v) is 2.78. The van der Waals surface area contributed by atoms with Crippen molar-refractivity contribution in [2.75, 3.05) is 10.8 Å². The van der Waals surface area contributed by atoms with E-state index in [0.29, 0.717) is 5.56 Å². The third-order valence-corrected chi connectivity index (χ3v) is 4.02. The van der Waals surface area contributed by atoms with Gasteiger partial charge in [0.1, 0.15) is 11.6 Å². The number of aromatic hydroxyl groups is 1. The number of phenols is 1. The summed E-state index contributed by atoms with van der Waals surface area (Å²) in [6.07, 6.45) is 0. The topological polar surface area (TPSA) is 40.5 Å². The summed E-state index contributed by atoms with van der Waals surface area (Å²) in [5, 5.41) is 12.0. The first-order valence-electron chi connectivity index (χ1n) is 7.31. The Morgan fingerprint density at radius 1 is 0.957 bits per heavy atom. The maximum absolute atomic E-state index is 12.4. The van der Waals surface area contributed by atoms with Crippen LogP contribution in [0.3, 0.4) is 0 Å². The second kappa shape index (κ2) is 6.71. The zero-order chi connectivity index (χ0) is 16.2. The molecule has 0 saturated heterocycles. The van der Waals surface area contributed by atoms with Crippen LogP contribution in [0.4, 0.5) is 5.69 Å². The Hall–Kier alpha value is -2.52. The number of phenolic OH excluding ortho intramolecular Hbond substituents is 1. The average molecular weight is 326 g/mol. The van der Waals surface area contributed by atoms with Gasteiger partial charge in [0.25, 0.3) is 0 Å². The maximum atomic E-state index is 12.4. The number of hydrogen-bond donors (Lipinski definition) is 1. The third kappa shape index (κ3) is 3.15. The lowest BCUT2D eigenvalue weighted by Gasteiger charge is -2.24. The van der Waals surface area contributed by atoms with E-state index in [9.17, 15) is 9.90 Å². The van der Waals surface area contributed by atoms with E-state index < -0.39 is 0 Å². The fraction of sp³-hybridized carbons (Fsp3) is 0.105. The molecule has 3 rings (SSSR count). The van der Waals surface area contributed by atoms with Crippen LogP contribution in [0.5, 0.6) is 5.75 Å². The van der Waals surface area contributed by atoms with Crippen LogP contribution < -0.4 is 4.90 Å². The summed E-state index contributed by atoms with van der Waals surface area (Å²) in [7, 11) is 0. The summed E-state index contributed by atoms with van der Waals surface area (Å²) >= 11 is 5.80. The van der Waals surface area contributed by atoms with Crippen LogP contribution in [0.25, 0.3) is 10.8 Å². The number of nitrogens with zero attached hydrogens (tertiary/aromatic N) is 1. The number of rotatable bonds is 4. The molecule has 1 amide bonds. The zero-order valence-corrected chi connectivity index (χ0v) is 13.2. The van der Waals surface area contributed by atoms with Crippen molar-refractivity contribution < 1.29 is 9.90 Å². The largest absolute Gasteiger partial charge is 0.508 e. The fourth-order valence-electron chi connectivity index (χ4n) is 2.64. The second-order valence-electron chi connectivity index (χ2n) is 5.24. The van der Waals surface area contributed by atoms with E-state index in [-0.39, 0.29) is 24.1 Å². The molecule has 116 valence electrons. The molecule has 3 aromatic carbocycles. The molecular weight excluding hydrogens is 310 g/mol. The molecule has 0 aromatic heterocycles. The van der Waals surface area contributed by atoms with Crippen molar-refractivity contribution in [3.05, 3.63) is 72.3 Å². The monoisotopic (exact) mass is 325 g/mol. The van der Waals surface area contributed by atoms with Crippen LogP contribution in [-0.4, -0.2) is 16.9 Å². The first kappa shape index (κ1) is 15.4. The van der Waals surface area contributed by atoms with Crippen LogP contribution in [0.2, 0.25) is 0 Å². The molecule has 4 heteroatoms. The number of fused-ring (bicyclic) bond motifs is 1. The van der Waals surface area contributed by atoms with Gasteiger partial charge in [-0.05, 0) is 17.5 Å². The maximum Gasteiger partial charge on any atom is 0.242 e. The molecule has 0 aliphatic carbocycles. The summed E-state index contributed by atoms with van der Waals surface area (Å²) in [6, 6.07) is 20.7. The van der Waals surface area contributed by atoms with Gasteiger partial charge in [-0.15, -0.1) is 11.6 Å². The predicted octanol–water partition coefficient (Wildman–Crippen LogP) is 4.32. The van der Waals surface area contributed by atoms with E-state index in [1.807, 2.05) is 48.5 Å². The first-order valence-corrected chi connectivity index (χ1v) is 7.85. The van der Waals surface area contributed by atoms with E-state index in [4.69, 9.17) is 11.6 Å². The van der Waals surface area contributed by atoms with Gasteiger partial charge < -0.3 is 10.0 Å². The number of alkyl halides is 1. The van der Waals surface area contributed by atoms with Gasteiger partial charge in [0.15, 0.2) is 0 Å². The molecule has 0 saturated carbocycles. The lowest BCUT2D eigenvalue weighted by Crippen LogP contribution is -2.31. The van der Waals surface area contributed by atoms with Gasteiger partial charge in [-0.2, -0.15) is 0 Å². The Morgan fingerprint density at radius 2 is 1.65 bits per heavy atom. The Morgan fingerprint density at radius 3 is 2.43 bits per heavy atom. The first-order chi connectivity index (χ1) is 11.2. The molecule has 1 N–H and O–H groups in total. The number of anilines is 1. The summed E-state index contributed by atoms with van der Waals surface area (Å²) < 4.78 is 0. The van der Waals surface area contributed by atoms with Crippen molar-refractivity contribution in [2.45, 2.75) is 6.54 Å². The van der Waals surface area contributed by atoms with E-state index >= 15 is 0 Å². The number of carbonyl (C=O) groups is 1. The van der Waals surface area contributed by atoms with E-state index in [1.54, 1.807) is 23.1 Å². The molecule has 0 spiro atoms. The number of benzene rings is 3. The highest BCUT2D eigenvalue weighted by atomic mass is 35.5. The second-order valence-corrected chi connectivity index (χ2v) is 5.51. The van der Waals surface area contributed by atoms with Crippen LogP contribution in [0.15, 0.2) is 66.7 Å². The molecule has 0 bridgehead atoms. The highest BCUT2D eigenvalue weighted by Gasteiger charge is 2.18. The zero-order valence-electron chi connectivity index (χ0n) is 12.4. The Labute approximate surface area is 139 Å². The highest BCUT2D eigenvalue weighted by Crippen LogP contribution is 2.29. The summed E-state index contributed by atoms with van der Waals surface area (Å²) in [6.45, 7) is 0.270. The van der Waals surface area contributed by atoms with Crippen molar-refractivity contribution in [3.8, 4) is 5.75 Å². The predicted molar refractivity (Wildman–Crippen MR) is 94.0 cm³/mol. The van der Waals surface area contributed by atoms with Gasteiger partial charge in [-0.3, -0.25) is 4.79 Å². The van der Waals surface area contributed by atoms with Crippen molar-refractivity contribution in [1.82, 2.24) is 0 Å². The molecule has 0 aliphatic heterocycles.